The van der Waals surface area contributed by atoms with Gasteiger partial charge in [0.25, 0.3) is 6.43 Å². The Kier molecular flexibility index (Phi) is 5.77. The minimum Gasteiger partial charge on any atom is -0.393 e. The summed E-state index contributed by atoms with van der Waals surface area (Å²) in [5, 5.41) is 9.10. The lowest BCUT2D eigenvalue weighted by atomic mass is 9.82. The maximum absolute atomic E-state index is 11.7. The average Bonchev–Trinajstić information content (AvgIpc) is 2.21. The highest BCUT2D eigenvalue weighted by molar-refractivity contribution is 5.75. The highest BCUT2D eigenvalue weighted by Gasteiger charge is 2.28. The molecule has 0 radical (unpaired) electrons. The van der Waals surface area contributed by atoms with Gasteiger partial charge < -0.3 is 14.7 Å². The SMILES string of the molecule is CN(CC1CC(O)C1)C(=O)CCOCC(F)F. The number of alkyl halides is 2. The molecule has 1 aliphatic rings. The second-order valence-corrected chi connectivity index (χ2v) is 4.48. The predicted molar refractivity (Wildman–Crippen MR) is 57.8 cm³/mol. The highest BCUT2D eigenvalue weighted by atomic mass is 19.3. The molecule has 0 aromatic carbocycles. The van der Waals surface area contributed by atoms with Gasteiger partial charge in [-0.15, -0.1) is 0 Å². The quantitative estimate of drug-likeness (QED) is 0.684. The predicted octanol–water partition coefficient (Wildman–Crippen LogP) is 0.887. The van der Waals surface area contributed by atoms with E-state index in [1.807, 2.05) is 0 Å². The van der Waals surface area contributed by atoms with E-state index in [9.17, 15) is 13.6 Å². The molecule has 1 N–H and O–H groups in total. The van der Waals surface area contributed by atoms with Crippen molar-refractivity contribution in [3.8, 4) is 0 Å². The summed E-state index contributed by atoms with van der Waals surface area (Å²) in [6, 6.07) is 0. The first kappa shape index (κ1) is 14.3. The van der Waals surface area contributed by atoms with Gasteiger partial charge in [-0.2, -0.15) is 0 Å². The third kappa shape index (κ3) is 5.41. The molecule has 1 saturated carbocycles. The van der Waals surface area contributed by atoms with E-state index in [0.29, 0.717) is 12.5 Å². The summed E-state index contributed by atoms with van der Waals surface area (Å²) in [7, 11) is 1.68. The normalized spacial score (nSPS) is 23.6. The van der Waals surface area contributed by atoms with Crippen LogP contribution in [0, 0.1) is 5.92 Å². The standard InChI is InChI=1S/C11H19F2NO3/c1-14(6-8-4-9(15)5-8)11(16)2-3-17-7-10(12)13/h8-10,15H,2-7H2,1H3. The van der Waals surface area contributed by atoms with Crippen molar-refractivity contribution < 1.29 is 23.4 Å². The van der Waals surface area contributed by atoms with Gasteiger partial charge in [-0.05, 0) is 18.8 Å². The number of ether oxygens (including phenoxy) is 1. The van der Waals surface area contributed by atoms with Crippen molar-refractivity contribution in [2.75, 3.05) is 26.8 Å². The van der Waals surface area contributed by atoms with Crippen molar-refractivity contribution in [1.29, 1.82) is 0 Å². The number of hydrogen-bond donors (Lipinski definition) is 1. The zero-order valence-corrected chi connectivity index (χ0v) is 9.94. The van der Waals surface area contributed by atoms with E-state index in [-0.39, 0.29) is 25.0 Å². The van der Waals surface area contributed by atoms with Crippen LogP contribution in [-0.2, 0) is 9.53 Å². The summed E-state index contributed by atoms with van der Waals surface area (Å²) < 4.78 is 28.1. The molecule has 0 bridgehead atoms. The average molecular weight is 251 g/mol. The number of nitrogens with zero attached hydrogens (tertiary/aromatic N) is 1. The molecule has 0 heterocycles. The maximum atomic E-state index is 11.7. The third-order valence-corrected chi connectivity index (χ3v) is 2.87. The van der Waals surface area contributed by atoms with Crippen molar-refractivity contribution >= 4 is 5.91 Å². The lowest BCUT2D eigenvalue weighted by Crippen LogP contribution is -2.39. The molecule has 0 spiro atoms. The fraction of sp³-hybridized carbons (Fsp3) is 0.909. The van der Waals surface area contributed by atoms with Gasteiger partial charge in [0.05, 0.1) is 19.1 Å². The monoisotopic (exact) mass is 251 g/mol. The topological polar surface area (TPSA) is 49.8 Å². The Morgan fingerprint density at radius 3 is 2.71 bits per heavy atom. The summed E-state index contributed by atoms with van der Waals surface area (Å²) in [5.41, 5.74) is 0. The first-order valence-electron chi connectivity index (χ1n) is 5.77. The number of rotatable bonds is 7. The number of amides is 1. The van der Waals surface area contributed by atoms with E-state index in [0.717, 1.165) is 12.8 Å². The number of halogens is 2. The highest BCUT2D eigenvalue weighted by Crippen LogP contribution is 2.27. The van der Waals surface area contributed by atoms with Crippen molar-refractivity contribution in [2.45, 2.75) is 31.8 Å². The van der Waals surface area contributed by atoms with Gasteiger partial charge in [-0.1, -0.05) is 0 Å². The van der Waals surface area contributed by atoms with E-state index >= 15 is 0 Å². The molecule has 6 heteroatoms. The minimum absolute atomic E-state index is 0.0286. The van der Waals surface area contributed by atoms with E-state index in [4.69, 9.17) is 5.11 Å². The number of hydrogen-bond acceptors (Lipinski definition) is 3. The fourth-order valence-corrected chi connectivity index (χ4v) is 1.86. The van der Waals surface area contributed by atoms with Crippen LogP contribution >= 0.6 is 0 Å². The molecule has 1 fully saturated rings. The van der Waals surface area contributed by atoms with E-state index < -0.39 is 13.0 Å². The van der Waals surface area contributed by atoms with Crippen LogP contribution in [-0.4, -0.2) is 55.2 Å². The lowest BCUT2D eigenvalue weighted by Gasteiger charge is -2.34. The Hall–Kier alpha value is -0.750. The van der Waals surface area contributed by atoms with Crippen LogP contribution in [0.15, 0.2) is 0 Å². The molecule has 0 aromatic rings. The van der Waals surface area contributed by atoms with Crippen LogP contribution in [0.2, 0.25) is 0 Å². The van der Waals surface area contributed by atoms with Crippen LogP contribution in [0.25, 0.3) is 0 Å². The van der Waals surface area contributed by atoms with Crippen molar-refractivity contribution in [1.82, 2.24) is 4.90 Å². The van der Waals surface area contributed by atoms with Crippen molar-refractivity contribution in [3.05, 3.63) is 0 Å². The van der Waals surface area contributed by atoms with Gasteiger partial charge in [-0.3, -0.25) is 4.79 Å². The van der Waals surface area contributed by atoms with Gasteiger partial charge in [0, 0.05) is 13.6 Å². The second-order valence-electron chi connectivity index (χ2n) is 4.48. The molecule has 0 aromatic heterocycles. The van der Waals surface area contributed by atoms with Crippen molar-refractivity contribution in [2.24, 2.45) is 5.92 Å². The molecular weight excluding hydrogens is 232 g/mol. The largest absolute Gasteiger partial charge is 0.393 e. The van der Waals surface area contributed by atoms with Crippen LogP contribution in [0.3, 0.4) is 0 Å². The van der Waals surface area contributed by atoms with E-state index in [1.165, 1.54) is 0 Å². The van der Waals surface area contributed by atoms with Crippen LogP contribution in [0.5, 0.6) is 0 Å². The van der Waals surface area contributed by atoms with Crippen molar-refractivity contribution in [3.63, 3.8) is 0 Å². The zero-order valence-electron chi connectivity index (χ0n) is 9.94. The third-order valence-electron chi connectivity index (χ3n) is 2.87. The summed E-state index contributed by atoms with van der Waals surface area (Å²) in [6.07, 6.45) is -1.12. The van der Waals surface area contributed by atoms with E-state index in [2.05, 4.69) is 4.74 Å². The molecule has 1 amide bonds. The Bertz CT molecular complexity index is 245. The van der Waals surface area contributed by atoms with Gasteiger partial charge >= 0.3 is 0 Å². The molecule has 1 rings (SSSR count). The van der Waals surface area contributed by atoms with E-state index in [1.54, 1.807) is 11.9 Å². The number of carbonyl (C=O) groups is 1. The Morgan fingerprint density at radius 2 is 2.18 bits per heavy atom. The lowest BCUT2D eigenvalue weighted by molar-refractivity contribution is -0.133. The Morgan fingerprint density at radius 1 is 1.53 bits per heavy atom. The fourth-order valence-electron chi connectivity index (χ4n) is 1.86. The first-order chi connectivity index (χ1) is 7.99. The molecule has 0 atom stereocenters. The summed E-state index contributed by atoms with van der Waals surface area (Å²) >= 11 is 0. The number of aliphatic hydroxyl groups excluding tert-OH is 1. The van der Waals surface area contributed by atoms with Gasteiger partial charge in [0.2, 0.25) is 5.91 Å². The van der Waals surface area contributed by atoms with Crippen LogP contribution < -0.4 is 0 Å². The minimum atomic E-state index is -2.49. The maximum Gasteiger partial charge on any atom is 0.261 e. The molecule has 17 heavy (non-hydrogen) atoms. The van der Waals surface area contributed by atoms with Gasteiger partial charge in [0.15, 0.2) is 0 Å². The molecule has 0 aliphatic heterocycles. The molecule has 100 valence electrons. The van der Waals surface area contributed by atoms with Gasteiger partial charge in [-0.25, -0.2) is 8.78 Å². The second kappa shape index (κ2) is 6.86. The summed E-state index contributed by atoms with van der Waals surface area (Å²) in [4.78, 5) is 13.1. The summed E-state index contributed by atoms with van der Waals surface area (Å²) in [5.74, 6) is 0.251. The zero-order chi connectivity index (χ0) is 12.8. The molecule has 1 aliphatic carbocycles. The smallest absolute Gasteiger partial charge is 0.261 e. The molecule has 0 unspecified atom stereocenters. The van der Waals surface area contributed by atoms with Crippen LogP contribution in [0.4, 0.5) is 8.78 Å². The molecule has 4 nitrogen and oxygen atoms in total. The molecular formula is C11H19F2NO3. The Balaban J connectivity index is 2.06. The number of aliphatic hydroxyl groups is 1. The van der Waals surface area contributed by atoms with Crippen LogP contribution in [0.1, 0.15) is 19.3 Å². The summed E-state index contributed by atoms with van der Waals surface area (Å²) in [6.45, 7) is 0.0252. The van der Waals surface area contributed by atoms with Gasteiger partial charge in [0.1, 0.15) is 6.61 Å². The Labute approximate surface area is 99.5 Å². The number of carbonyl (C=O) groups excluding carboxylic acids is 1. The first-order valence-corrected chi connectivity index (χ1v) is 5.77. The molecule has 0 saturated heterocycles.